The summed E-state index contributed by atoms with van der Waals surface area (Å²) in [7, 11) is -18.8. The molecule has 0 radical (unpaired) electrons. The highest BCUT2D eigenvalue weighted by molar-refractivity contribution is 7.87. The molecular formula is C32H43N2O14S4+. The molecule has 0 fully saturated rings. The number of anilines is 1. The number of unbranched alkanes of at least 4 members (excludes halogenated alkanes) is 2. The van der Waals surface area contributed by atoms with Crippen molar-refractivity contribution in [2.45, 2.75) is 74.5 Å². The summed E-state index contributed by atoms with van der Waals surface area (Å²) in [5.74, 6) is -1.59. The normalized spacial score (nSPS) is 13.9. The first-order valence-corrected chi connectivity index (χ1v) is 21.5. The van der Waals surface area contributed by atoms with Gasteiger partial charge in [0.15, 0.2) is 10.6 Å². The summed E-state index contributed by atoms with van der Waals surface area (Å²) in [6.07, 6.45) is 9.61. The van der Waals surface area contributed by atoms with E-state index in [1.54, 1.807) is 44.2 Å². The fraction of sp³-hybridized carbons (Fsp3) is 0.375. The van der Waals surface area contributed by atoms with Gasteiger partial charge in [0.25, 0.3) is 30.4 Å². The van der Waals surface area contributed by atoms with Crippen molar-refractivity contribution in [3.8, 4) is 0 Å². The maximum atomic E-state index is 12.4. The summed E-state index contributed by atoms with van der Waals surface area (Å²) in [6.45, 7) is 6.59. The van der Waals surface area contributed by atoms with Crippen molar-refractivity contribution in [1.82, 2.24) is 0 Å². The highest BCUT2D eigenvalue weighted by Crippen LogP contribution is 2.32. The number of hydrogen-bond donors (Lipinski definition) is 5. The lowest BCUT2D eigenvalue weighted by Gasteiger charge is -2.27. The number of hydrogen-bond acceptors (Lipinski definition) is 10. The topological polar surface area (TPSA) is 261 Å². The summed E-state index contributed by atoms with van der Waals surface area (Å²) < 4.78 is 134. The van der Waals surface area contributed by atoms with Crippen LogP contribution in [0.1, 0.15) is 57.1 Å². The van der Waals surface area contributed by atoms with Crippen molar-refractivity contribution in [3.05, 3.63) is 77.5 Å². The minimum Gasteiger partial charge on any atom is -0.481 e. The average Bonchev–Trinajstić information content (AvgIpc) is 2.99. The van der Waals surface area contributed by atoms with Gasteiger partial charge in [0.1, 0.15) is 6.54 Å². The zero-order chi connectivity index (χ0) is 39.7. The number of carbonyl (C=O) groups is 1. The van der Waals surface area contributed by atoms with Crippen LogP contribution >= 0.6 is 0 Å². The van der Waals surface area contributed by atoms with E-state index in [4.69, 9.17) is 5.11 Å². The van der Waals surface area contributed by atoms with E-state index >= 15 is 0 Å². The Labute approximate surface area is 304 Å². The van der Waals surface area contributed by atoms with Gasteiger partial charge in [-0.1, -0.05) is 24.6 Å². The molecule has 0 saturated carbocycles. The molecule has 288 valence electrons. The fourth-order valence-corrected chi connectivity index (χ4v) is 7.73. The average molecular weight is 808 g/mol. The zero-order valence-corrected chi connectivity index (χ0v) is 32.1. The first kappa shape index (κ1) is 44.4. The predicted octanol–water partition coefficient (Wildman–Crippen LogP) is 4.59. The van der Waals surface area contributed by atoms with Gasteiger partial charge in [-0.25, -0.2) is 0 Å². The molecule has 5 N–H and O–H groups in total. The third-order valence-corrected chi connectivity index (χ3v) is 11.0. The van der Waals surface area contributed by atoms with Crippen LogP contribution in [0.2, 0.25) is 0 Å². The largest absolute Gasteiger partial charge is 0.481 e. The molecule has 0 atom stereocenters. The van der Waals surface area contributed by atoms with E-state index in [0.717, 1.165) is 6.07 Å². The Morgan fingerprint density at radius 2 is 1.37 bits per heavy atom. The second-order valence-corrected chi connectivity index (χ2v) is 17.6. The Hall–Kier alpha value is -3.76. The summed E-state index contributed by atoms with van der Waals surface area (Å²) >= 11 is 0. The maximum absolute atomic E-state index is 12.4. The molecule has 20 heteroatoms. The monoisotopic (exact) mass is 807 g/mol. The van der Waals surface area contributed by atoms with Crippen LogP contribution < -0.4 is 4.90 Å². The summed E-state index contributed by atoms with van der Waals surface area (Å²) in [5.41, 5.74) is 2.04. The molecule has 0 amide bonds. The third-order valence-electron chi connectivity index (χ3n) is 7.65. The Bertz CT molecular complexity index is 2220. The zero-order valence-electron chi connectivity index (χ0n) is 28.9. The van der Waals surface area contributed by atoms with Crippen LogP contribution in [0, 0.1) is 13.8 Å². The number of carboxylic acid groups (broad SMARTS) is 1. The van der Waals surface area contributed by atoms with Crippen LogP contribution in [-0.2, 0) is 45.3 Å². The molecule has 0 heterocycles. The van der Waals surface area contributed by atoms with E-state index in [1.807, 2.05) is 4.90 Å². The van der Waals surface area contributed by atoms with Crippen molar-refractivity contribution in [3.63, 3.8) is 0 Å². The number of nitrogens with zero attached hydrogens (tertiary/aromatic N) is 2. The standard InChI is InChI=1S/C32H42N2O14S4/c1-23-20-27(50(40,41)42)15-16-29(23)33(17-10-6-9-14-31(35)36)25(3)12-7-5-8-13-26(4)34(18-11-19-49(37,38)39)32-24(2)21-28(51(43,44)45)22-30(32)52(46,47)48/h5,7-8,12-13,15-16,20-22H,6,9-11,14,17-19H2,1-4H3,(H4-,35,36,37,38,39,40,41,42,43,44,45,46,47,48)/p+1. The summed E-state index contributed by atoms with van der Waals surface area (Å²) in [5, 5.41) is 8.94. The Balaban J connectivity index is 2.56. The van der Waals surface area contributed by atoms with Gasteiger partial charge in [0.05, 0.1) is 15.5 Å². The molecule has 2 aromatic rings. The SMILES string of the molecule is CC(/C=C/C=C/C=C(\C)N(CCCCCC(=O)O)c1ccc(S(=O)(=O)O)cc1C)=[N+](CCCS(=O)(=O)O)c1c(C)cc(S(=O)(=O)O)cc1S(=O)(=O)O. The molecule has 0 unspecified atom stereocenters. The fourth-order valence-electron chi connectivity index (χ4n) is 5.21. The molecule has 0 aliphatic carbocycles. The van der Waals surface area contributed by atoms with Gasteiger partial charge < -0.3 is 10.0 Å². The number of rotatable bonds is 19. The van der Waals surface area contributed by atoms with E-state index in [1.165, 1.54) is 36.6 Å². The van der Waals surface area contributed by atoms with Crippen molar-refractivity contribution < 1.29 is 66.4 Å². The van der Waals surface area contributed by atoms with Crippen LogP contribution in [0.5, 0.6) is 0 Å². The molecule has 2 aromatic carbocycles. The van der Waals surface area contributed by atoms with E-state index in [0.29, 0.717) is 54.5 Å². The second-order valence-electron chi connectivity index (χ2n) is 11.8. The quantitative estimate of drug-likeness (QED) is 0.0427. The number of carboxylic acids is 1. The molecule has 52 heavy (non-hydrogen) atoms. The van der Waals surface area contributed by atoms with Crippen LogP contribution in [0.4, 0.5) is 11.4 Å². The van der Waals surface area contributed by atoms with Crippen LogP contribution in [0.15, 0.2) is 81.1 Å². The second kappa shape index (κ2) is 18.3. The van der Waals surface area contributed by atoms with Crippen LogP contribution in [0.25, 0.3) is 0 Å². The third kappa shape index (κ3) is 14.0. The van der Waals surface area contributed by atoms with Gasteiger partial charge in [-0.15, -0.1) is 0 Å². The molecule has 0 saturated heterocycles. The molecule has 0 aliphatic rings. The highest BCUT2D eigenvalue weighted by Gasteiger charge is 2.31. The van der Waals surface area contributed by atoms with E-state index in [-0.39, 0.29) is 35.5 Å². The van der Waals surface area contributed by atoms with Gasteiger partial charge in [-0.05, 0) is 75.6 Å². The molecule has 16 nitrogen and oxygen atoms in total. The van der Waals surface area contributed by atoms with Crippen molar-refractivity contribution in [1.29, 1.82) is 0 Å². The predicted molar refractivity (Wildman–Crippen MR) is 194 cm³/mol. The van der Waals surface area contributed by atoms with Gasteiger partial charge in [-0.2, -0.15) is 38.2 Å². The van der Waals surface area contributed by atoms with Gasteiger partial charge in [0.2, 0.25) is 5.69 Å². The first-order valence-electron chi connectivity index (χ1n) is 15.6. The number of aryl methyl sites for hydroxylation is 2. The van der Waals surface area contributed by atoms with Crippen molar-refractivity contribution in [2.75, 3.05) is 23.7 Å². The first-order chi connectivity index (χ1) is 23.8. The van der Waals surface area contributed by atoms with E-state index < -0.39 is 62.0 Å². The van der Waals surface area contributed by atoms with Gasteiger partial charge >= 0.3 is 16.1 Å². The molecule has 2 rings (SSSR count). The van der Waals surface area contributed by atoms with E-state index in [9.17, 15) is 56.7 Å². The van der Waals surface area contributed by atoms with Crippen molar-refractivity contribution in [2.24, 2.45) is 0 Å². The van der Waals surface area contributed by atoms with E-state index in [2.05, 4.69) is 0 Å². The summed E-state index contributed by atoms with van der Waals surface area (Å²) in [6, 6.07) is 5.71. The smallest absolute Gasteiger partial charge is 0.303 e. The number of benzene rings is 2. The molecule has 0 spiro atoms. The Kier molecular flexibility index (Phi) is 15.6. The van der Waals surface area contributed by atoms with Gasteiger partial charge in [0, 0.05) is 49.3 Å². The lowest BCUT2D eigenvalue weighted by Crippen LogP contribution is -2.23. The molecule has 0 aliphatic heterocycles. The number of allylic oxidation sites excluding steroid dienone is 6. The van der Waals surface area contributed by atoms with Gasteiger partial charge in [-0.3, -0.25) is 23.0 Å². The minimum absolute atomic E-state index is 0.000536. The lowest BCUT2D eigenvalue weighted by atomic mass is 10.1. The Morgan fingerprint density at radius 3 is 1.90 bits per heavy atom. The lowest BCUT2D eigenvalue weighted by molar-refractivity contribution is -0.443. The molecule has 0 aromatic heterocycles. The van der Waals surface area contributed by atoms with Crippen molar-refractivity contribution >= 4 is 63.5 Å². The number of aliphatic carboxylic acids is 1. The Morgan fingerprint density at radius 1 is 0.750 bits per heavy atom. The van der Waals surface area contributed by atoms with Crippen LogP contribution in [-0.4, -0.2) is 92.1 Å². The summed E-state index contributed by atoms with van der Waals surface area (Å²) in [4.78, 5) is 10.9. The maximum Gasteiger partial charge on any atom is 0.303 e. The molecule has 0 bridgehead atoms. The molecular weight excluding hydrogens is 765 g/mol. The highest BCUT2D eigenvalue weighted by atomic mass is 32.2. The van der Waals surface area contributed by atoms with Crippen LogP contribution in [0.3, 0.4) is 0 Å². The minimum atomic E-state index is -5.08.